The summed E-state index contributed by atoms with van der Waals surface area (Å²) >= 11 is 2.22. The summed E-state index contributed by atoms with van der Waals surface area (Å²) in [6, 6.07) is 7.20. The Morgan fingerprint density at radius 1 is 1.33 bits per heavy atom. The third-order valence-electron chi connectivity index (χ3n) is 2.48. The Labute approximate surface area is 139 Å². The molecule has 0 radical (unpaired) electrons. The molecule has 6 heteroatoms. The Morgan fingerprint density at radius 3 is 2.57 bits per heavy atom. The van der Waals surface area contributed by atoms with E-state index in [1.54, 1.807) is 27.7 Å². The van der Waals surface area contributed by atoms with Crippen molar-refractivity contribution in [3.63, 3.8) is 0 Å². The second kappa shape index (κ2) is 7.63. The molecule has 1 aromatic rings. The van der Waals surface area contributed by atoms with Crippen molar-refractivity contribution in [2.24, 2.45) is 0 Å². The van der Waals surface area contributed by atoms with Gasteiger partial charge in [-0.05, 0) is 68.0 Å². The number of rotatable bonds is 4. The highest BCUT2D eigenvalue weighted by Crippen LogP contribution is 2.08. The van der Waals surface area contributed by atoms with Gasteiger partial charge in [-0.3, -0.25) is 4.79 Å². The summed E-state index contributed by atoms with van der Waals surface area (Å²) < 4.78 is 6.22. The lowest BCUT2D eigenvalue weighted by Gasteiger charge is -2.21. The van der Waals surface area contributed by atoms with Crippen molar-refractivity contribution in [2.75, 3.05) is 0 Å². The highest BCUT2D eigenvalue weighted by atomic mass is 127. The number of benzene rings is 1. The van der Waals surface area contributed by atoms with Crippen molar-refractivity contribution >= 4 is 34.6 Å². The van der Waals surface area contributed by atoms with E-state index in [0.29, 0.717) is 6.54 Å². The van der Waals surface area contributed by atoms with Crippen LogP contribution in [0.3, 0.4) is 0 Å². The van der Waals surface area contributed by atoms with E-state index in [0.717, 1.165) is 9.13 Å². The molecule has 21 heavy (non-hydrogen) atoms. The topological polar surface area (TPSA) is 67.4 Å². The minimum absolute atomic E-state index is 0.250. The van der Waals surface area contributed by atoms with Gasteiger partial charge in [-0.15, -0.1) is 0 Å². The number of hydrogen-bond acceptors (Lipinski definition) is 3. The molecule has 5 nitrogen and oxygen atoms in total. The molecule has 0 spiro atoms. The van der Waals surface area contributed by atoms with Gasteiger partial charge in [-0.2, -0.15) is 0 Å². The zero-order chi connectivity index (χ0) is 16.0. The molecular formula is C15H21IN2O3. The monoisotopic (exact) mass is 404 g/mol. The maximum absolute atomic E-state index is 11.9. The third kappa shape index (κ3) is 7.31. The Balaban J connectivity index is 2.43. The number of ether oxygens (including phenoxy) is 1. The van der Waals surface area contributed by atoms with E-state index in [-0.39, 0.29) is 5.91 Å². The standard InChI is InChI=1S/C15H21IN2O3/c1-10(18-14(20)21-15(2,3)4)13(19)17-9-11-6-5-7-12(16)8-11/h5-8,10H,9H2,1-4H3,(H,17,19)(H,18,20)/t10-/m1/s1. The third-order valence-corrected chi connectivity index (χ3v) is 3.15. The van der Waals surface area contributed by atoms with E-state index >= 15 is 0 Å². The van der Waals surface area contributed by atoms with Crippen LogP contribution in [0.15, 0.2) is 24.3 Å². The van der Waals surface area contributed by atoms with Crippen LogP contribution in [-0.2, 0) is 16.1 Å². The minimum atomic E-state index is -0.650. The summed E-state index contributed by atoms with van der Waals surface area (Å²) in [5.74, 6) is -0.250. The number of carbonyl (C=O) groups excluding carboxylic acids is 2. The van der Waals surface area contributed by atoms with Gasteiger partial charge in [-0.1, -0.05) is 12.1 Å². The molecule has 1 atom stereocenters. The summed E-state index contributed by atoms with van der Waals surface area (Å²) in [7, 11) is 0. The first kappa shape index (κ1) is 17.7. The van der Waals surface area contributed by atoms with Gasteiger partial charge in [0.1, 0.15) is 11.6 Å². The van der Waals surface area contributed by atoms with Crippen molar-refractivity contribution in [1.29, 1.82) is 0 Å². The maximum Gasteiger partial charge on any atom is 0.408 e. The molecule has 0 saturated carbocycles. The molecule has 2 N–H and O–H groups in total. The van der Waals surface area contributed by atoms with E-state index in [1.165, 1.54) is 0 Å². The molecule has 2 amide bonds. The predicted octanol–water partition coefficient (Wildman–Crippen LogP) is 2.82. The van der Waals surface area contributed by atoms with Crippen molar-refractivity contribution in [1.82, 2.24) is 10.6 Å². The molecule has 0 aliphatic carbocycles. The van der Waals surface area contributed by atoms with Crippen molar-refractivity contribution in [3.8, 4) is 0 Å². The summed E-state index contributed by atoms with van der Waals surface area (Å²) in [5.41, 5.74) is 0.431. The predicted molar refractivity (Wildman–Crippen MR) is 89.8 cm³/mol. The van der Waals surface area contributed by atoms with Crippen molar-refractivity contribution in [2.45, 2.75) is 45.9 Å². The normalized spacial score (nSPS) is 12.4. The lowest BCUT2D eigenvalue weighted by atomic mass is 10.2. The number of amides is 2. The van der Waals surface area contributed by atoms with Crippen molar-refractivity contribution < 1.29 is 14.3 Å². The molecule has 0 aliphatic heterocycles. The van der Waals surface area contributed by atoms with Gasteiger partial charge >= 0.3 is 6.09 Å². The average Bonchev–Trinajstić information content (AvgIpc) is 2.33. The van der Waals surface area contributed by atoms with E-state index in [4.69, 9.17) is 4.74 Å². The fraction of sp³-hybridized carbons (Fsp3) is 0.467. The maximum atomic E-state index is 11.9. The van der Waals surface area contributed by atoms with Crippen LogP contribution in [0.1, 0.15) is 33.3 Å². The Kier molecular flexibility index (Phi) is 6.44. The molecule has 0 aliphatic rings. The lowest BCUT2D eigenvalue weighted by molar-refractivity contribution is -0.122. The molecule has 0 fully saturated rings. The molecule has 0 heterocycles. The first-order chi connectivity index (χ1) is 9.67. The first-order valence-corrected chi connectivity index (χ1v) is 7.77. The van der Waals surface area contributed by atoms with Crippen LogP contribution in [0.25, 0.3) is 0 Å². The molecule has 1 aromatic carbocycles. The zero-order valence-electron chi connectivity index (χ0n) is 12.7. The van der Waals surface area contributed by atoms with Crippen LogP contribution in [0, 0.1) is 3.57 Å². The van der Waals surface area contributed by atoms with Gasteiger partial charge in [0.25, 0.3) is 0 Å². The van der Waals surface area contributed by atoms with Crippen LogP contribution in [0.4, 0.5) is 4.79 Å². The van der Waals surface area contributed by atoms with Gasteiger partial charge in [-0.25, -0.2) is 4.79 Å². The molecule has 0 aromatic heterocycles. The minimum Gasteiger partial charge on any atom is -0.444 e. The molecule has 0 saturated heterocycles. The fourth-order valence-electron chi connectivity index (χ4n) is 1.54. The molecular weight excluding hydrogens is 383 g/mol. The second-order valence-corrected chi connectivity index (χ2v) is 6.96. The van der Waals surface area contributed by atoms with E-state index in [9.17, 15) is 9.59 Å². The first-order valence-electron chi connectivity index (χ1n) is 6.69. The number of halogens is 1. The van der Waals surface area contributed by atoms with E-state index in [2.05, 4.69) is 33.2 Å². The Hall–Kier alpha value is -1.31. The van der Waals surface area contributed by atoms with Crippen LogP contribution in [0.5, 0.6) is 0 Å². The van der Waals surface area contributed by atoms with E-state index in [1.807, 2.05) is 24.3 Å². The molecule has 1 rings (SSSR count). The largest absolute Gasteiger partial charge is 0.444 e. The van der Waals surface area contributed by atoms with Crippen LogP contribution in [0.2, 0.25) is 0 Å². The summed E-state index contributed by atoms with van der Waals surface area (Å²) in [4.78, 5) is 23.5. The number of hydrogen-bond donors (Lipinski definition) is 2. The summed E-state index contributed by atoms with van der Waals surface area (Å²) in [6.07, 6.45) is -0.598. The zero-order valence-corrected chi connectivity index (χ0v) is 14.9. The SMILES string of the molecule is C[C@@H](NC(=O)OC(C)(C)C)C(=O)NCc1cccc(I)c1. The van der Waals surface area contributed by atoms with Crippen LogP contribution >= 0.6 is 22.6 Å². The second-order valence-electron chi connectivity index (χ2n) is 5.72. The Morgan fingerprint density at radius 2 is 2.00 bits per heavy atom. The van der Waals surface area contributed by atoms with Gasteiger partial charge in [0.15, 0.2) is 0 Å². The smallest absolute Gasteiger partial charge is 0.408 e. The highest BCUT2D eigenvalue weighted by molar-refractivity contribution is 14.1. The summed E-state index contributed by atoms with van der Waals surface area (Å²) in [5, 5.41) is 5.29. The molecule has 0 unspecified atom stereocenters. The molecule has 116 valence electrons. The number of carbonyl (C=O) groups is 2. The quantitative estimate of drug-likeness (QED) is 0.759. The van der Waals surface area contributed by atoms with Crippen LogP contribution < -0.4 is 10.6 Å². The van der Waals surface area contributed by atoms with Gasteiger partial charge in [0.2, 0.25) is 5.91 Å². The van der Waals surface area contributed by atoms with Gasteiger partial charge in [0.05, 0.1) is 0 Å². The highest BCUT2D eigenvalue weighted by Gasteiger charge is 2.20. The Bertz CT molecular complexity index is 512. The fourth-order valence-corrected chi connectivity index (χ4v) is 2.15. The van der Waals surface area contributed by atoms with Crippen molar-refractivity contribution in [3.05, 3.63) is 33.4 Å². The van der Waals surface area contributed by atoms with E-state index < -0.39 is 17.7 Å². The molecule has 0 bridgehead atoms. The van der Waals surface area contributed by atoms with Gasteiger partial charge < -0.3 is 15.4 Å². The van der Waals surface area contributed by atoms with Crippen LogP contribution in [-0.4, -0.2) is 23.6 Å². The lowest BCUT2D eigenvalue weighted by Crippen LogP contribution is -2.46. The summed E-state index contributed by atoms with van der Waals surface area (Å²) in [6.45, 7) is 7.36. The van der Waals surface area contributed by atoms with Gasteiger partial charge in [0, 0.05) is 10.1 Å². The average molecular weight is 404 g/mol. The number of alkyl carbamates (subject to hydrolysis) is 1. The number of nitrogens with one attached hydrogen (secondary N) is 2.